The third-order valence-electron chi connectivity index (χ3n) is 2.85. The van der Waals surface area contributed by atoms with Crippen LogP contribution >= 0.6 is 0 Å². The summed E-state index contributed by atoms with van der Waals surface area (Å²) in [5.74, 6) is 0.611. The monoisotopic (exact) mass is 243 g/mol. The van der Waals surface area contributed by atoms with Gasteiger partial charge < -0.3 is 21.1 Å². The van der Waals surface area contributed by atoms with Crippen molar-refractivity contribution in [2.45, 2.75) is 25.7 Å². The van der Waals surface area contributed by atoms with Gasteiger partial charge in [-0.3, -0.25) is 4.79 Å². The number of nitrogens with one attached hydrogen (secondary N) is 2. The second-order valence-electron chi connectivity index (χ2n) is 4.27. The molecule has 0 spiro atoms. The van der Waals surface area contributed by atoms with Gasteiger partial charge in [0.05, 0.1) is 6.54 Å². The van der Waals surface area contributed by atoms with Crippen LogP contribution in [0, 0.1) is 5.92 Å². The molecule has 2 amide bonds. The van der Waals surface area contributed by atoms with Gasteiger partial charge in [-0.1, -0.05) is 0 Å². The van der Waals surface area contributed by atoms with Gasteiger partial charge >= 0.3 is 6.09 Å². The van der Waals surface area contributed by atoms with Crippen LogP contribution in [-0.4, -0.2) is 38.2 Å². The van der Waals surface area contributed by atoms with Gasteiger partial charge in [0.25, 0.3) is 0 Å². The summed E-state index contributed by atoms with van der Waals surface area (Å²) in [5.41, 5.74) is 4.78. The lowest BCUT2D eigenvalue weighted by Gasteiger charge is -2.22. The van der Waals surface area contributed by atoms with E-state index < -0.39 is 6.09 Å². The number of ether oxygens (including phenoxy) is 1. The summed E-state index contributed by atoms with van der Waals surface area (Å²) >= 11 is 0. The van der Waals surface area contributed by atoms with Gasteiger partial charge in [0, 0.05) is 6.42 Å². The number of primary amides is 1. The first-order valence-electron chi connectivity index (χ1n) is 6.08. The molecule has 1 saturated heterocycles. The molecule has 6 heteroatoms. The molecule has 4 N–H and O–H groups in total. The van der Waals surface area contributed by atoms with E-state index in [-0.39, 0.29) is 12.5 Å². The van der Waals surface area contributed by atoms with Crippen molar-refractivity contribution in [3.8, 4) is 0 Å². The normalized spacial score (nSPS) is 19.6. The lowest BCUT2D eigenvalue weighted by atomic mass is 9.94. The van der Waals surface area contributed by atoms with Crippen molar-refractivity contribution in [3.63, 3.8) is 0 Å². The highest BCUT2D eigenvalue weighted by Gasteiger charge is 2.14. The minimum absolute atomic E-state index is 0.00337. The van der Waals surface area contributed by atoms with Crippen molar-refractivity contribution in [3.05, 3.63) is 0 Å². The Morgan fingerprint density at radius 3 is 2.94 bits per heavy atom. The molecule has 1 rings (SSSR count). The molecule has 1 aliphatic rings. The number of carbonyl (C=O) groups is 2. The number of rotatable bonds is 6. The topological polar surface area (TPSA) is 93.5 Å². The van der Waals surface area contributed by atoms with E-state index in [9.17, 15) is 9.59 Å². The van der Waals surface area contributed by atoms with Crippen LogP contribution in [0.15, 0.2) is 0 Å². The second kappa shape index (κ2) is 7.89. The van der Waals surface area contributed by atoms with Crippen LogP contribution in [0.1, 0.15) is 25.7 Å². The summed E-state index contributed by atoms with van der Waals surface area (Å²) in [6.45, 7) is 2.56. The van der Waals surface area contributed by atoms with E-state index in [4.69, 9.17) is 5.73 Å². The molecule has 0 aromatic carbocycles. The molecule has 0 saturated carbocycles. The van der Waals surface area contributed by atoms with Crippen LogP contribution < -0.4 is 16.4 Å². The van der Waals surface area contributed by atoms with Gasteiger partial charge in [-0.2, -0.15) is 0 Å². The molecule has 1 heterocycles. The summed E-state index contributed by atoms with van der Waals surface area (Å²) in [6, 6.07) is 0. The SMILES string of the molecule is NC(=O)OCCNC(=O)CCC1CCCNC1. The Balaban J connectivity index is 1.98. The highest BCUT2D eigenvalue weighted by Crippen LogP contribution is 2.15. The van der Waals surface area contributed by atoms with Gasteiger partial charge in [-0.25, -0.2) is 4.79 Å². The average molecular weight is 243 g/mol. The summed E-state index contributed by atoms with van der Waals surface area (Å²) in [7, 11) is 0. The van der Waals surface area contributed by atoms with E-state index in [0.717, 1.165) is 19.5 Å². The third kappa shape index (κ3) is 6.78. The molecule has 0 bridgehead atoms. The highest BCUT2D eigenvalue weighted by molar-refractivity contribution is 5.75. The van der Waals surface area contributed by atoms with Crippen molar-refractivity contribution in [2.75, 3.05) is 26.2 Å². The lowest BCUT2D eigenvalue weighted by Crippen LogP contribution is -2.32. The zero-order valence-corrected chi connectivity index (χ0v) is 10.0. The van der Waals surface area contributed by atoms with Crippen LogP contribution in [-0.2, 0) is 9.53 Å². The average Bonchev–Trinajstić information content (AvgIpc) is 2.33. The highest BCUT2D eigenvalue weighted by atomic mass is 16.5. The van der Waals surface area contributed by atoms with E-state index >= 15 is 0 Å². The summed E-state index contributed by atoms with van der Waals surface area (Å²) in [4.78, 5) is 21.7. The summed E-state index contributed by atoms with van der Waals surface area (Å²) in [6.07, 6.45) is 3.02. The van der Waals surface area contributed by atoms with Crippen LogP contribution in [0.25, 0.3) is 0 Å². The fraction of sp³-hybridized carbons (Fsp3) is 0.818. The Kier molecular flexibility index (Phi) is 6.39. The van der Waals surface area contributed by atoms with Crippen LogP contribution in [0.5, 0.6) is 0 Å². The Hall–Kier alpha value is -1.30. The van der Waals surface area contributed by atoms with Crippen molar-refractivity contribution in [1.29, 1.82) is 0 Å². The molecule has 1 unspecified atom stereocenters. The fourth-order valence-electron chi connectivity index (χ4n) is 1.94. The van der Waals surface area contributed by atoms with Crippen LogP contribution in [0.2, 0.25) is 0 Å². The van der Waals surface area contributed by atoms with Crippen molar-refractivity contribution < 1.29 is 14.3 Å². The number of hydrogen-bond donors (Lipinski definition) is 3. The first-order valence-corrected chi connectivity index (χ1v) is 6.08. The number of amides is 2. The molecule has 98 valence electrons. The standard InChI is InChI=1S/C11H21N3O3/c12-11(16)17-7-6-14-10(15)4-3-9-2-1-5-13-8-9/h9,13H,1-8H2,(H2,12,16)(H,14,15). The van der Waals surface area contributed by atoms with Gasteiger partial charge in [-0.15, -0.1) is 0 Å². The third-order valence-corrected chi connectivity index (χ3v) is 2.85. The fourth-order valence-corrected chi connectivity index (χ4v) is 1.94. The minimum atomic E-state index is -0.812. The maximum absolute atomic E-state index is 11.4. The predicted octanol–water partition coefficient (Wildman–Crippen LogP) is -0.0223. The quantitative estimate of drug-likeness (QED) is 0.571. The maximum Gasteiger partial charge on any atom is 0.404 e. The zero-order valence-electron chi connectivity index (χ0n) is 10.0. The minimum Gasteiger partial charge on any atom is -0.448 e. The molecule has 0 radical (unpaired) electrons. The van der Waals surface area contributed by atoms with E-state index in [2.05, 4.69) is 15.4 Å². The number of carbonyl (C=O) groups excluding carboxylic acids is 2. The molecule has 17 heavy (non-hydrogen) atoms. The van der Waals surface area contributed by atoms with Crippen LogP contribution in [0.3, 0.4) is 0 Å². The summed E-state index contributed by atoms with van der Waals surface area (Å²) in [5, 5.41) is 6.01. The van der Waals surface area contributed by atoms with E-state index in [0.29, 0.717) is 18.9 Å². The predicted molar refractivity (Wildman–Crippen MR) is 63.4 cm³/mol. The molecule has 1 fully saturated rings. The van der Waals surface area contributed by atoms with Gasteiger partial charge in [-0.05, 0) is 38.3 Å². The van der Waals surface area contributed by atoms with Gasteiger partial charge in [0.2, 0.25) is 5.91 Å². The Labute approximate surface area is 101 Å². The largest absolute Gasteiger partial charge is 0.448 e. The maximum atomic E-state index is 11.4. The number of hydrogen-bond acceptors (Lipinski definition) is 4. The lowest BCUT2D eigenvalue weighted by molar-refractivity contribution is -0.121. The first-order chi connectivity index (χ1) is 8.18. The van der Waals surface area contributed by atoms with Gasteiger partial charge in [0.1, 0.15) is 6.61 Å². The zero-order chi connectivity index (χ0) is 12.5. The van der Waals surface area contributed by atoms with Crippen molar-refractivity contribution in [2.24, 2.45) is 11.7 Å². The first kappa shape index (κ1) is 13.8. The number of piperidine rings is 1. The Bertz CT molecular complexity index is 252. The molecule has 1 aliphatic heterocycles. The Morgan fingerprint density at radius 2 is 2.29 bits per heavy atom. The van der Waals surface area contributed by atoms with Gasteiger partial charge in [0.15, 0.2) is 0 Å². The van der Waals surface area contributed by atoms with E-state index in [1.165, 1.54) is 12.8 Å². The summed E-state index contributed by atoms with van der Waals surface area (Å²) < 4.78 is 4.50. The molecule has 0 aromatic rings. The van der Waals surface area contributed by atoms with Crippen molar-refractivity contribution in [1.82, 2.24) is 10.6 Å². The molecular weight excluding hydrogens is 222 g/mol. The number of nitrogens with two attached hydrogens (primary N) is 1. The van der Waals surface area contributed by atoms with E-state index in [1.54, 1.807) is 0 Å². The second-order valence-corrected chi connectivity index (χ2v) is 4.27. The van der Waals surface area contributed by atoms with E-state index in [1.807, 2.05) is 0 Å². The molecule has 1 atom stereocenters. The molecule has 0 aromatic heterocycles. The molecule has 0 aliphatic carbocycles. The van der Waals surface area contributed by atoms with Crippen LogP contribution in [0.4, 0.5) is 4.79 Å². The Morgan fingerprint density at radius 1 is 1.47 bits per heavy atom. The smallest absolute Gasteiger partial charge is 0.404 e. The molecule has 6 nitrogen and oxygen atoms in total. The van der Waals surface area contributed by atoms with Crippen molar-refractivity contribution >= 4 is 12.0 Å². The molecular formula is C11H21N3O3.